The van der Waals surface area contributed by atoms with Crippen molar-refractivity contribution in [3.05, 3.63) is 42.2 Å². The maximum absolute atomic E-state index is 12.4. The van der Waals surface area contributed by atoms with Crippen molar-refractivity contribution in [1.29, 1.82) is 0 Å². The Bertz CT molecular complexity index is 685. The van der Waals surface area contributed by atoms with Crippen molar-refractivity contribution in [3.8, 4) is 0 Å². The van der Waals surface area contributed by atoms with Gasteiger partial charge < -0.3 is 24.6 Å². The highest BCUT2D eigenvalue weighted by molar-refractivity contribution is 5.73. The van der Waals surface area contributed by atoms with Crippen LogP contribution in [0.15, 0.2) is 36.7 Å². The van der Waals surface area contributed by atoms with Crippen molar-refractivity contribution >= 4 is 5.91 Å². The van der Waals surface area contributed by atoms with Gasteiger partial charge in [-0.2, -0.15) is 0 Å². The number of aliphatic hydroxyl groups excluding tert-OH is 2. The van der Waals surface area contributed by atoms with Crippen molar-refractivity contribution in [1.82, 2.24) is 14.8 Å². The lowest BCUT2D eigenvalue weighted by Crippen LogP contribution is -2.50. The largest absolute Gasteiger partial charge is 0.388 e. The standard InChI is InChI=1S/C24H39N3O5/c1-19(2)8-15-32-23-17-27(20(3)28)13-12-26(16-21-6-9-25-10-7-21)11-4-5-14-31-18-22(29)24(23)30/h4-7,9-10,19,22-24,29-30H,8,11-18H2,1-3H3/b5-4+/t22-,23-,24-/m1/s1. The summed E-state index contributed by atoms with van der Waals surface area (Å²) in [7, 11) is 0. The van der Waals surface area contributed by atoms with E-state index in [1.165, 1.54) is 6.92 Å². The van der Waals surface area contributed by atoms with Crippen molar-refractivity contribution in [2.75, 3.05) is 46.0 Å². The molecule has 0 aliphatic carbocycles. The van der Waals surface area contributed by atoms with Crippen LogP contribution in [-0.2, 0) is 20.8 Å². The van der Waals surface area contributed by atoms with E-state index >= 15 is 0 Å². The fraction of sp³-hybridized carbons (Fsp3) is 0.667. The average Bonchev–Trinajstić information content (AvgIpc) is 2.76. The number of amides is 1. The molecule has 0 spiro atoms. The van der Waals surface area contributed by atoms with E-state index in [1.807, 2.05) is 24.3 Å². The van der Waals surface area contributed by atoms with Crippen LogP contribution >= 0.6 is 0 Å². The predicted octanol–water partition coefficient (Wildman–Crippen LogP) is 1.47. The summed E-state index contributed by atoms with van der Waals surface area (Å²) in [5.41, 5.74) is 1.15. The van der Waals surface area contributed by atoms with E-state index in [1.54, 1.807) is 17.3 Å². The molecule has 0 saturated carbocycles. The number of aliphatic hydroxyl groups is 2. The van der Waals surface area contributed by atoms with Gasteiger partial charge in [-0.25, -0.2) is 0 Å². The third-order valence-corrected chi connectivity index (χ3v) is 5.52. The molecule has 0 aromatic carbocycles. The first-order chi connectivity index (χ1) is 15.4. The van der Waals surface area contributed by atoms with E-state index in [0.717, 1.165) is 18.5 Å². The number of hydrogen-bond acceptors (Lipinski definition) is 7. The summed E-state index contributed by atoms with van der Waals surface area (Å²) < 4.78 is 11.5. The second-order valence-corrected chi connectivity index (χ2v) is 8.71. The van der Waals surface area contributed by atoms with Crippen LogP contribution in [0.3, 0.4) is 0 Å². The molecule has 2 rings (SSSR count). The molecule has 1 aliphatic rings. The third-order valence-electron chi connectivity index (χ3n) is 5.52. The lowest BCUT2D eigenvalue weighted by atomic mass is 10.1. The number of pyridine rings is 1. The van der Waals surface area contributed by atoms with E-state index in [2.05, 4.69) is 23.7 Å². The minimum Gasteiger partial charge on any atom is -0.388 e. The highest BCUT2D eigenvalue weighted by Gasteiger charge is 2.30. The molecule has 2 N–H and O–H groups in total. The molecular weight excluding hydrogens is 410 g/mol. The van der Waals surface area contributed by atoms with Crippen LogP contribution in [0.2, 0.25) is 0 Å². The molecule has 3 atom stereocenters. The summed E-state index contributed by atoms with van der Waals surface area (Å²) in [5, 5.41) is 21.1. The maximum Gasteiger partial charge on any atom is 0.219 e. The average molecular weight is 450 g/mol. The minimum atomic E-state index is -1.15. The fourth-order valence-electron chi connectivity index (χ4n) is 3.45. The van der Waals surface area contributed by atoms with Gasteiger partial charge in [-0.15, -0.1) is 0 Å². The topological polar surface area (TPSA) is 95.4 Å². The van der Waals surface area contributed by atoms with Gasteiger partial charge in [0.1, 0.15) is 18.3 Å². The molecule has 32 heavy (non-hydrogen) atoms. The molecular formula is C24H39N3O5. The normalized spacial score (nSPS) is 25.4. The molecule has 1 aromatic rings. The van der Waals surface area contributed by atoms with Crippen LogP contribution < -0.4 is 0 Å². The SMILES string of the molecule is CC(=O)N1CCN(Cc2ccncc2)C/C=C/COC[C@@H](O)[C@@H](O)[C@H](OCCC(C)C)C1. The molecule has 0 saturated heterocycles. The molecule has 180 valence electrons. The number of carbonyl (C=O) groups excluding carboxylic acids is 1. The minimum absolute atomic E-state index is 0.00362. The Morgan fingerprint density at radius 3 is 2.69 bits per heavy atom. The van der Waals surface area contributed by atoms with Gasteiger partial charge in [-0.3, -0.25) is 14.7 Å². The van der Waals surface area contributed by atoms with Gasteiger partial charge in [0.25, 0.3) is 0 Å². The number of ether oxygens (including phenoxy) is 2. The van der Waals surface area contributed by atoms with E-state index < -0.39 is 18.3 Å². The first-order valence-electron chi connectivity index (χ1n) is 11.4. The van der Waals surface area contributed by atoms with Gasteiger partial charge in [-0.1, -0.05) is 26.0 Å². The van der Waals surface area contributed by atoms with Crippen LogP contribution in [-0.4, -0.2) is 95.2 Å². The molecule has 1 aliphatic heterocycles. The summed E-state index contributed by atoms with van der Waals surface area (Å²) in [4.78, 5) is 20.4. The second kappa shape index (κ2) is 14.3. The van der Waals surface area contributed by atoms with Gasteiger partial charge in [0.05, 0.1) is 13.2 Å². The van der Waals surface area contributed by atoms with Crippen molar-refractivity contribution < 1.29 is 24.5 Å². The van der Waals surface area contributed by atoms with Crippen LogP contribution in [0, 0.1) is 5.92 Å². The van der Waals surface area contributed by atoms with Gasteiger partial charge in [0, 0.05) is 58.6 Å². The number of aromatic nitrogens is 1. The lowest BCUT2D eigenvalue weighted by Gasteiger charge is -2.33. The van der Waals surface area contributed by atoms with Crippen LogP contribution in [0.5, 0.6) is 0 Å². The Morgan fingerprint density at radius 2 is 2.00 bits per heavy atom. The Balaban J connectivity index is 2.14. The molecule has 0 radical (unpaired) electrons. The number of carbonyl (C=O) groups is 1. The highest BCUT2D eigenvalue weighted by atomic mass is 16.5. The Kier molecular flexibility index (Phi) is 11.8. The third kappa shape index (κ3) is 9.75. The predicted molar refractivity (Wildman–Crippen MR) is 123 cm³/mol. The van der Waals surface area contributed by atoms with Crippen LogP contribution in [0.1, 0.15) is 32.8 Å². The van der Waals surface area contributed by atoms with E-state index in [9.17, 15) is 15.0 Å². The zero-order valence-corrected chi connectivity index (χ0v) is 19.6. The van der Waals surface area contributed by atoms with E-state index in [-0.39, 0.29) is 19.1 Å². The molecule has 1 amide bonds. The van der Waals surface area contributed by atoms with Gasteiger partial charge in [0.15, 0.2) is 0 Å². The Labute approximate surface area is 191 Å². The monoisotopic (exact) mass is 449 g/mol. The first-order valence-corrected chi connectivity index (χ1v) is 11.4. The quantitative estimate of drug-likeness (QED) is 0.635. The fourth-order valence-corrected chi connectivity index (χ4v) is 3.45. The molecule has 0 bridgehead atoms. The molecule has 0 fully saturated rings. The number of nitrogens with zero attached hydrogens (tertiary/aromatic N) is 3. The zero-order chi connectivity index (χ0) is 23.3. The molecule has 1 aromatic heterocycles. The molecule has 0 unspecified atom stereocenters. The van der Waals surface area contributed by atoms with Gasteiger partial charge in [0.2, 0.25) is 5.91 Å². The summed E-state index contributed by atoms with van der Waals surface area (Å²) >= 11 is 0. The molecule has 8 nitrogen and oxygen atoms in total. The summed E-state index contributed by atoms with van der Waals surface area (Å²) in [6.07, 6.45) is 5.38. The molecule has 2 heterocycles. The van der Waals surface area contributed by atoms with E-state index in [4.69, 9.17) is 9.47 Å². The van der Waals surface area contributed by atoms with Gasteiger partial charge >= 0.3 is 0 Å². The first kappa shape index (κ1) is 26.4. The smallest absolute Gasteiger partial charge is 0.219 e. The number of hydrogen-bond donors (Lipinski definition) is 2. The summed E-state index contributed by atoms with van der Waals surface area (Å²) in [5.74, 6) is 0.364. The summed E-state index contributed by atoms with van der Waals surface area (Å²) in [6, 6.07) is 3.97. The van der Waals surface area contributed by atoms with Gasteiger partial charge in [-0.05, 0) is 30.0 Å². The van der Waals surface area contributed by atoms with Crippen LogP contribution in [0.25, 0.3) is 0 Å². The zero-order valence-electron chi connectivity index (χ0n) is 19.6. The second-order valence-electron chi connectivity index (χ2n) is 8.71. The summed E-state index contributed by atoms with van der Waals surface area (Å²) in [6.45, 7) is 9.33. The Morgan fingerprint density at radius 1 is 1.25 bits per heavy atom. The molecule has 8 heteroatoms. The maximum atomic E-state index is 12.4. The Hall–Kier alpha value is -1.84. The lowest BCUT2D eigenvalue weighted by molar-refractivity contribution is -0.139. The van der Waals surface area contributed by atoms with Crippen LogP contribution in [0.4, 0.5) is 0 Å². The highest BCUT2D eigenvalue weighted by Crippen LogP contribution is 2.12. The number of rotatable bonds is 6. The van der Waals surface area contributed by atoms with Crippen molar-refractivity contribution in [2.45, 2.75) is 52.0 Å². The van der Waals surface area contributed by atoms with Crippen molar-refractivity contribution in [2.24, 2.45) is 5.92 Å². The van der Waals surface area contributed by atoms with E-state index in [0.29, 0.717) is 38.8 Å². The van der Waals surface area contributed by atoms with Crippen molar-refractivity contribution in [3.63, 3.8) is 0 Å².